The number of hydrogen-bond acceptors (Lipinski definition) is 3. The van der Waals surface area contributed by atoms with Crippen molar-refractivity contribution < 1.29 is 23.1 Å². The second-order valence-corrected chi connectivity index (χ2v) is 6.73. The highest BCUT2D eigenvalue weighted by Crippen LogP contribution is 2.31. The Labute approximate surface area is 173 Å². The lowest BCUT2D eigenvalue weighted by Crippen LogP contribution is -2.18. The molecule has 0 heterocycles. The lowest BCUT2D eigenvalue weighted by molar-refractivity contribution is -0.151. The molecule has 3 aromatic rings. The molecule has 0 aliphatic carbocycles. The summed E-state index contributed by atoms with van der Waals surface area (Å²) < 4.78 is 31.5. The van der Waals surface area contributed by atoms with Gasteiger partial charge in [-0.25, -0.2) is 13.6 Å². The molecule has 0 N–H and O–H groups in total. The molecule has 0 aliphatic heterocycles. The van der Waals surface area contributed by atoms with Crippen molar-refractivity contribution in [2.24, 2.45) is 0 Å². The van der Waals surface area contributed by atoms with Crippen molar-refractivity contribution in [1.82, 2.24) is 0 Å². The van der Waals surface area contributed by atoms with Gasteiger partial charge in [-0.3, -0.25) is 4.79 Å². The van der Waals surface area contributed by atoms with Gasteiger partial charge in [-0.15, -0.1) is 0 Å². The van der Waals surface area contributed by atoms with Crippen molar-refractivity contribution in [3.8, 4) is 0 Å². The fraction of sp³-hybridized carbons (Fsp3) is 0.120. The third-order valence-electron chi connectivity index (χ3n) is 4.72. The van der Waals surface area contributed by atoms with Crippen LogP contribution in [0.15, 0.2) is 84.9 Å². The number of rotatable bonds is 7. The van der Waals surface area contributed by atoms with Gasteiger partial charge in [0.1, 0.15) is 11.6 Å². The van der Waals surface area contributed by atoms with Gasteiger partial charge in [-0.1, -0.05) is 60.7 Å². The van der Waals surface area contributed by atoms with E-state index in [1.165, 1.54) is 24.3 Å². The molecule has 0 radical (unpaired) electrons. The monoisotopic (exact) mass is 406 g/mol. The Kier molecular flexibility index (Phi) is 6.86. The van der Waals surface area contributed by atoms with Crippen molar-refractivity contribution in [2.75, 3.05) is 7.11 Å². The van der Waals surface area contributed by atoms with Gasteiger partial charge in [0.15, 0.2) is 0 Å². The van der Waals surface area contributed by atoms with Gasteiger partial charge in [-0.2, -0.15) is 0 Å². The molecule has 30 heavy (non-hydrogen) atoms. The highest BCUT2D eigenvalue weighted by Gasteiger charge is 2.21. The van der Waals surface area contributed by atoms with Gasteiger partial charge in [-0.05, 0) is 46.5 Å². The number of ether oxygens (including phenoxy) is 1. The molecule has 0 aromatic heterocycles. The Morgan fingerprint density at radius 1 is 0.833 bits per heavy atom. The SMILES string of the molecule is COC(=O)C(=O)CC(C=C(c1ccc(F)cc1)c1ccc(F)cc1)c1ccccc1. The average Bonchev–Trinajstić information content (AvgIpc) is 2.78. The van der Waals surface area contributed by atoms with E-state index in [9.17, 15) is 18.4 Å². The molecular formula is C25H20F2O3. The first kappa shape index (κ1) is 21.1. The van der Waals surface area contributed by atoms with E-state index in [0.29, 0.717) is 16.7 Å². The van der Waals surface area contributed by atoms with Crippen LogP contribution in [0, 0.1) is 11.6 Å². The van der Waals surface area contributed by atoms with E-state index in [0.717, 1.165) is 12.7 Å². The molecule has 0 amide bonds. The maximum atomic E-state index is 13.5. The number of hydrogen-bond donors (Lipinski definition) is 0. The summed E-state index contributed by atoms with van der Waals surface area (Å²) in [5, 5.41) is 0. The molecule has 1 unspecified atom stereocenters. The fourth-order valence-corrected chi connectivity index (χ4v) is 3.19. The predicted octanol–water partition coefficient (Wildman–Crippen LogP) is 5.31. The third-order valence-corrected chi connectivity index (χ3v) is 4.72. The van der Waals surface area contributed by atoms with E-state index in [4.69, 9.17) is 0 Å². The van der Waals surface area contributed by atoms with Crippen LogP contribution in [0.1, 0.15) is 29.0 Å². The fourth-order valence-electron chi connectivity index (χ4n) is 3.19. The van der Waals surface area contributed by atoms with E-state index < -0.39 is 17.7 Å². The van der Waals surface area contributed by atoms with E-state index >= 15 is 0 Å². The van der Waals surface area contributed by atoms with E-state index in [1.54, 1.807) is 24.3 Å². The number of benzene rings is 3. The van der Waals surface area contributed by atoms with Crippen LogP contribution in [0.2, 0.25) is 0 Å². The molecule has 3 nitrogen and oxygen atoms in total. The molecule has 152 valence electrons. The zero-order valence-electron chi connectivity index (χ0n) is 16.3. The summed E-state index contributed by atoms with van der Waals surface area (Å²) >= 11 is 0. The van der Waals surface area contributed by atoms with Crippen LogP contribution in [0.3, 0.4) is 0 Å². The summed E-state index contributed by atoms with van der Waals surface area (Å²) in [7, 11) is 1.16. The summed E-state index contributed by atoms with van der Waals surface area (Å²) in [5.74, 6) is -2.76. The largest absolute Gasteiger partial charge is 0.463 e. The van der Waals surface area contributed by atoms with E-state index in [1.807, 2.05) is 36.4 Å². The Morgan fingerprint density at radius 2 is 1.33 bits per heavy atom. The summed E-state index contributed by atoms with van der Waals surface area (Å²) in [4.78, 5) is 24.0. The maximum Gasteiger partial charge on any atom is 0.374 e. The first-order chi connectivity index (χ1) is 14.5. The second-order valence-electron chi connectivity index (χ2n) is 6.73. The van der Waals surface area contributed by atoms with Crippen molar-refractivity contribution in [1.29, 1.82) is 0 Å². The molecule has 1 atom stereocenters. The second kappa shape index (κ2) is 9.74. The van der Waals surface area contributed by atoms with Crippen LogP contribution in [0.25, 0.3) is 5.57 Å². The van der Waals surface area contributed by atoms with Crippen LogP contribution in [0.5, 0.6) is 0 Å². The summed E-state index contributed by atoms with van der Waals surface area (Å²) in [6.07, 6.45) is 1.75. The molecule has 0 aliphatic rings. The van der Waals surface area contributed by atoms with Crippen molar-refractivity contribution in [3.05, 3.63) is 113 Å². The summed E-state index contributed by atoms with van der Waals surface area (Å²) in [6.45, 7) is 0. The van der Waals surface area contributed by atoms with Crippen LogP contribution in [-0.4, -0.2) is 18.9 Å². The molecular weight excluding hydrogens is 386 g/mol. The van der Waals surface area contributed by atoms with Gasteiger partial charge >= 0.3 is 5.97 Å². The third kappa shape index (κ3) is 5.26. The Bertz CT molecular complexity index is 993. The molecule has 0 bridgehead atoms. The van der Waals surface area contributed by atoms with Crippen LogP contribution < -0.4 is 0 Å². The van der Waals surface area contributed by atoms with Crippen molar-refractivity contribution in [2.45, 2.75) is 12.3 Å². The Morgan fingerprint density at radius 3 is 1.80 bits per heavy atom. The van der Waals surface area contributed by atoms with Crippen LogP contribution in [0.4, 0.5) is 8.78 Å². The van der Waals surface area contributed by atoms with E-state index in [-0.39, 0.29) is 18.1 Å². The maximum absolute atomic E-state index is 13.5. The number of halogens is 2. The number of carbonyl (C=O) groups is 2. The highest BCUT2D eigenvalue weighted by atomic mass is 19.1. The molecule has 3 rings (SSSR count). The van der Waals surface area contributed by atoms with Gasteiger partial charge in [0.2, 0.25) is 5.78 Å². The van der Waals surface area contributed by atoms with Gasteiger partial charge in [0.05, 0.1) is 7.11 Å². The number of allylic oxidation sites excluding steroid dienone is 1. The lowest BCUT2D eigenvalue weighted by Gasteiger charge is -2.16. The van der Waals surface area contributed by atoms with Crippen LogP contribution >= 0.6 is 0 Å². The van der Waals surface area contributed by atoms with Crippen molar-refractivity contribution >= 4 is 17.3 Å². The molecule has 3 aromatic carbocycles. The molecule has 0 fully saturated rings. The Balaban J connectivity index is 2.11. The smallest absolute Gasteiger partial charge is 0.374 e. The van der Waals surface area contributed by atoms with Gasteiger partial charge in [0, 0.05) is 12.3 Å². The summed E-state index contributed by atoms with van der Waals surface area (Å²) in [6, 6.07) is 21.1. The van der Waals surface area contributed by atoms with Crippen LogP contribution in [-0.2, 0) is 14.3 Å². The van der Waals surface area contributed by atoms with Gasteiger partial charge in [0.25, 0.3) is 0 Å². The first-order valence-electron chi connectivity index (χ1n) is 9.37. The number of carbonyl (C=O) groups excluding carboxylic acids is 2. The lowest BCUT2D eigenvalue weighted by atomic mass is 9.87. The quantitative estimate of drug-likeness (QED) is 0.394. The zero-order chi connectivity index (χ0) is 21.5. The zero-order valence-corrected chi connectivity index (χ0v) is 16.3. The normalized spacial score (nSPS) is 11.4. The molecule has 0 spiro atoms. The molecule has 5 heteroatoms. The molecule has 0 saturated carbocycles. The Hall–Kier alpha value is -3.60. The first-order valence-corrected chi connectivity index (χ1v) is 9.37. The minimum Gasteiger partial charge on any atom is -0.463 e. The standard InChI is InChI=1S/C25H20F2O3/c1-30-25(29)24(28)16-20(17-5-3-2-4-6-17)15-23(18-7-11-21(26)12-8-18)19-9-13-22(27)14-10-19/h2-15,20H,16H2,1H3. The van der Waals surface area contributed by atoms with E-state index in [2.05, 4.69) is 4.74 Å². The minimum atomic E-state index is -0.908. The number of Topliss-reactive ketones (excluding diaryl/α,β-unsaturated/α-hetero) is 1. The molecule has 0 saturated heterocycles. The average molecular weight is 406 g/mol. The number of ketones is 1. The topological polar surface area (TPSA) is 43.4 Å². The highest BCUT2D eigenvalue weighted by molar-refractivity contribution is 6.33. The van der Waals surface area contributed by atoms with Crippen molar-refractivity contribution in [3.63, 3.8) is 0 Å². The predicted molar refractivity (Wildman–Crippen MR) is 111 cm³/mol. The minimum absolute atomic E-state index is 0.0947. The summed E-state index contributed by atoms with van der Waals surface area (Å²) in [5.41, 5.74) is 2.93. The number of esters is 1. The number of methoxy groups -OCH3 is 1. The van der Waals surface area contributed by atoms with Gasteiger partial charge < -0.3 is 4.74 Å².